The summed E-state index contributed by atoms with van der Waals surface area (Å²) in [5.74, 6) is -0.477. The fraction of sp³-hybridized carbons (Fsp3) is 0.556. The van der Waals surface area contributed by atoms with Gasteiger partial charge >= 0.3 is 0 Å². The summed E-state index contributed by atoms with van der Waals surface area (Å²) in [5.41, 5.74) is 8.71. The van der Waals surface area contributed by atoms with Gasteiger partial charge in [-0.3, -0.25) is 16.1 Å². The average Bonchev–Trinajstić information content (AvgIpc) is 3.20. The summed E-state index contributed by atoms with van der Waals surface area (Å²) < 4.78 is 0.882. The Labute approximate surface area is 168 Å². The Morgan fingerprint density at radius 3 is 2.62 bits per heavy atom. The highest BCUT2D eigenvalue weighted by Crippen LogP contribution is 2.35. The molecule has 3 heterocycles. The van der Waals surface area contributed by atoms with Crippen molar-refractivity contribution >= 4 is 34.1 Å². The van der Waals surface area contributed by atoms with Crippen LogP contribution < -0.4 is 21.3 Å². The van der Waals surface area contributed by atoms with Gasteiger partial charge in [0.15, 0.2) is 0 Å². The maximum Gasteiger partial charge on any atom is 0.210 e. The quantitative estimate of drug-likeness (QED) is 0.506. The molecule has 1 saturated heterocycles. The SMILES string of the molecule is N=C1C(I)=CNC(N)(c2ccc(N3CCNCC3)cn2)N1C1CCCC1. The van der Waals surface area contributed by atoms with E-state index in [0.717, 1.165) is 54.0 Å². The van der Waals surface area contributed by atoms with E-state index in [-0.39, 0.29) is 6.04 Å². The maximum atomic E-state index is 8.61. The van der Waals surface area contributed by atoms with Crippen molar-refractivity contribution in [3.63, 3.8) is 0 Å². The van der Waals surface area contributed by atoms with Crippen molar-refractivity contribution in [3.8, 4) is 0 Å². The molecule has 1 aliphatic carbocycles. The van der Waals surface area contributed by atoms with Gasteiger partial charge < -0.3 is 20.4 Å². The number of hydrogen-bond acceptors (Lipinski definition) is 6. The monoisotopic (exact) mass is 467 g/mol. The van der Waals surface area contributed by atoms with E-state index in [2.05, 4.69) is 44.2 Å². The molecule has 1 saturated carbocycles. The summed E-state index contributed by atoms with van der Waals surface area (Å²) in [6.45, 7) is 3.99. The molecule has 7 nitrogen and oxygen atoms in total. The lowest BCUT2D eigenvalue weighted by Gasteiger charge is -2.48. The minimum absolute atomic E-state index is 0.285. The molecule has 26 heavy (non-hydrogen) atoms. The van der Waals surface area contributed by atoms with Crippen molar-refractivity contribution in [1.82, 2.24) is 20.5 Å². The minimum Gasteiger partial charge on any atom is -0.368 e. The zero-order valence-corrected chi connectivity index (χ0v) is 17.0. The third kappa shape index (κ3) is 3.18. The van der Waals surface area contributed by atoms with Crippen LogP contribution in [0.5, 0.6) is 0 Å². The molecule has 2 aliphatic heterocycles. The fourth-order valence-electron chi connectivity index (χ4n) is 4.15. The fourth-order valence-corrected chi connectivity index (χ4v) is 4.57. The van der Waals surface area contributed by atoms with Crippen molar-refractivity contribution in [3.05, 3.63) is 33.8 Å². The number of halogens is 1. The first-order chi connectivity index (χ1) is 12.6. The highest BCUT2D eigenvalue weighted by molar-refractivity contribution is 14.1. The number of hydrogen-bond donors (Lipinski definition) is 4. The largest absolute Gasteiger partial charge is 0.368 e. The topological polar surface area (TPSA) is 93.3 Å². The molecule has 140 valence electrons. The third-order valence-electron chi connectivity index (χ3n) is 5.58. The molecular formula is C18H26IN7. The molecule has 1 aromatic rings. The van der Waals surface area contributed by atoms with E-state index >= 15 is 0 Å². The number of nitrogens with one attached hydrogen (secondary N) is 3. The zero-order valence-electron chi connectivity index (χ0n) is 14.8. The van der Waals surface area contributed by atoms with Crippen LogP contribution in [0.15, 0.2) is 28.1 Å². The third-order valence-corrected chi connectivity index (χ3v) is 6.40. The lowest BCUT2D eigenvalue weighted by molar-refractivity contribution is 0.0956. The van der Waals surface area contributed by atoms with Crippen LogP contribution in [0.1, 0.15) is 31.4 Å². The number of anilines is 1. The van der Waals surface area contributed by atoms with Crippen molar-refractivity contribution < 1.29 is 0 Å². The van der Waals surface area contributed by atoms with E-state index in [1.165, 1.54) is 12.8 Å². The number of nitrogens with two attached hydrogens (primary N) is 1. The smallest absolute Gasteiger partial charge is 0.210 e. The number of rotatable bonds is 3. The predicted octanol–water partition coefficient (Wildman–Crippen LogP) is 1.66. The number of amidine groups is 1. The zero-order chi connectivity index (χ0) is 18.1. The second kappa shape index (κ2) is 7.32. The van der Waals surface area contributed by atoms with Crippen molar-refractivity contribution in [1.29, 1.82) is 5.41 Å². The molecule has 3 aliphatic rings. The van der Waals surface area contributed by atoms with Gasteiger partial charge in [-0.25, -0.2) is 0 Å². The second-order valence-corrected chi connectivity index (χ2v) is 8.36. The second-order valence-electron chi connectivity index (χ2n) is 7.20. The highest BCUT2D eigenvalue weighted by atomic mass is 127. The Balaban J connectivity index is 1.63. The summed E-state index contributed by atoms with van der Waals surface area (Å²) in [7, 11) is 0. The molecule has 5 N–H and O–H groups in total. The van der Waals surface area contributed by atoms with Gasteiger partial charge in [-0.15, -0.1) is 0 Å². The standard InChI is InChI=1S/C18H26IN7/c19-15-12-24-18(21,26(17(15)20)13-3-1-2-4-13)16-6-5-14(11-23-16)25-9-7-22-8-10-25/h5-6,11-13,20,22,24H,1-4,7-10,21H2. The highest BCUT2D eigenvalue weighted by Gasteiger charge is 2.44. The van der Waals surface area contributed by atoms with Crippen LogP contribution in [0.4, 0.5) is 5.69 Å². The number of pyridine rings is 1. The van der Waals surface area contributed by atoms with Gasteiger partial charge in [-0.05, 0) is 47.6 Å². The van der Waals surface area contributed by atoms with Crippen LogP contribution >= 0.6 is 22.6 Å². The van der Waals surface area contributed by atoms with Crippen LogP contribution in [0.25, 0.3) is 0 Å². The maximum absolute atomic E-state index is 8.61. The Hall–Kier alpha value is -1.39. The van der Waals surface area contributed by atoms with E-state index in [1.807, 2.05) is 23.4 Å². The van der Waals surface area contributed by atoms with Crippen LogP contribution in [0.3, 0.4) is 0 Å². The number of nitrogens with zero attached hydrogens (tertiary/aromatic N) is 3. The summed E-state index contributed by atoms with van der Waals surface area (Å²) in [5, 5.41) is 15.3. The van der Waals surface area contributed by atoms with Crippen LogP contribution in [0, 0.1) is 5.41 Å². The van der Waals surface area contributed by atoms with Crippen LogP contribution in [-0.2, 0) is 5.79 Å². The molecule has 8 heteroatoms. The molecule has 0 bridgehead atoms. The molecule has 4 rings (SSSR count). The average molecular weight is 467 g/mol. The van der Waals surface area contributed by atoms with Gasteiger partial charge in [-0.2, -0.15) is 0 Å². The first-order valence-corrected chi connectivity index (χ1v) is 10.4. The number of piperazine rings is 1. The lowest BCUT2D eigenvalue weighted by Crippen LogP contribution is -2.67. The molecule has 1 unspecified atom stereocenters. The van der Waals surface area contributed by atoms with Crippen molar-refractivity contribution in [2.75, 3.05) is 31.1 Å². The van der Waals surface area contributed by atoms with Gasteiger partial charge in [0.25, 0.3) is 0 Å². The minimum atomic E-state index is -0.969. The van der Waals surface area contributed by atoms with Gasteiger partial charge in [0.2, 0.25) is 5.79 Å². The molecule has 0 spiro atoms. The Morgan fingerprint density at radius 2 is 1.96 bits per heavy atom. The first kappa shape index (κ1) is 18.0. The summed E-state index contributed by atoms with van der Waals surface area (Å²) in [6.07, 6.45) is 8.29. The Morgan fingerprint density at radius 1 is 1.23 bits per heavy atom. The molecule has 1 atom stereocenters. The molecule has 0 amide bonds. The number of aromatic nitrogens is 1. The normalized spacial score (nSPS) is 27.5. The lowest BCUT2D eigenvalue weighted by atomic mass is 10.1. The van der Waals surface area contributed by atoms with Crippen molar-refractivity contribution in [2.45, 2.75) is 37.5 Å². The summed E-state index contributed by atoms with van der Waals surface area (Å²) in [6, 6.07) is 4.39. The molecule has 2 fully saturated rings. The van der Waals surface area contributed by atoms with Gasteiger partial charge in [0.1, 0.15) is 11.5 Å². The summed E-state index contributed by atoms with van der Waals surface area (Å²) >= 11 is 2.20. The van der Waals surface area contributed by atoms with Crippen molar-refractivity contribution in [2.24, 2.45) is 5.73 Å². The molecule has 1 aromatic heterocycles. The van der Waals surface area contributed by atoms with E-state index in [1.54, 1.807) is 0 Å². The van der Waals surface area contributed by atoms with Gasteiger partial charge in [0, 0.05) is 38.4 Å². The van der Waals surface area contributed by atoms with Gasteiger partial charge in [0.05, 0.1) is 15.5 Å². The Bertz CT molecular complexity index is 692. The van der Waals surface area contributed by atoms with E-state index in [4.69, 9.17) is 16.1 Å². The van der Waals surface area contributed by atoms with Gasteiger partial charge in [-0.1, -0.05) is 12.8 Å². The van der Waals surface area contributed by atoms with Crippen LogP contribution in [0.2, 0.25) is 0 Å². The molecular weight excluding hydrogens is 441 g/mol. The predicted molar refractivity (Wildman–Crippen MR) is 112 cm³/mol. The molecule has 0 radical (unpaired) electrons. The Kier molecular flexibility index (Phi) is 5.07. The summed E-state index contributed by atoms with van der Waals surface area (Å²) in [4.78, 5) is 9.08. The molecule has 0 aromatic carbocycles. The van der Waals surface area contributed by atoms with Crippen LogP contribution in [-0.4, -0.2) is 47.9 Å². The van der Waals surface area contributed by atoms with E-state index in [9.17, 15) is 0 Å². The van der Waals surface area contributed by atoms with E-state index < -0.39 is 5.79 Å². The first-order valence-electron chi connectivity index (χ1n) is 9.32. The van der Waals surface area contributed by atoms with E-state index in [0.29, 0.717) is 5.84 Å².